The molecule has 0 atom stereocenters. The topological polar surface area (TPSA) is 94.8 Å². The van der Waals surface area contributed by atoms with Gasteiger partial charge in [0.1, 0.15) is 0 Å². The Morgan fingerprint density at radius 1 is 1.07 bits per heavy atom. The van der Waals surface area contributed by atoms with Gasteiger partial charge in [-0.1, -0.05) is 37.1 Å². The molecule has 1 aromatic carbocycles. The van der Waals surface area contributed by atoms with Gasteiger partial charge in [0.15, 0.2) is 17.0 Å². The fraction of sp³-hybridized carbons (Fsp3) is 0.286. The quantitative estimate of drug-likeness (QED) is 0.538. The molecule has 4 aromatic rings. The van der Waals surface area contributed by atoms with Crippen LogP contribution in [0.15, 0.2) is 53.6 Å². The van der Waals surface area contributed by atoms with E-state index in [-0.39, 0.29) is 5.95 Å². The average Bonchev–Trinajstić information content (AvgIpc) is 3.47. The second kappa shape index (κ2) is 6.99. The summed E-state index contributed by atoms with van der Waals surface area (Å²) in [4.78, 5) is 13.4. The predicted molar refractivity (Wildman–Crippen MR) is 109 cm³/mol. The van der Waals surface area contributed by atoms with E-state index in [9.17, 15) is 0 Å². The van der Waals surface area contributed by atoms with E-state index in [2.05, 4.69) is 49.1 Å². The number of nitrogens with one attached hydrogen (secondary N) is 1. The van der Waals surface area contributed by atoms with Crippen LogP contribution in [-0.4, -0.2) is 19.5 Å². The van der Waals surface area contributed by atoms with Crippen LogP contribution in [0.25, 0.3) is 22.3 Å². The molecule has 0 bridgehead atoms. The number of nitrogen functional groups attached to an aromatic ring is 1. The van der Waals surface area contributed by atoms with Crippen molar-refractivity contribution in [1.82, 2.24) is 19.5 Å². The van der Waals surface area contributed by atoms with Gasteiger partial charge in [0, 0.05) is 18.2 Å². The van der Waals surface area contributed by atoms with E-state index in [1.165, 1.54) is 25.7 Å². The Bertz CT molecular complexity index is 1080. The minimum Gasteiger partial charge on any atom is -0.472 e. The summed E-state index contributed by atoms with van der Waals surface area (Å²) in [6, 6.07) is 10.8. The van der Waals surface area contributed by atoms with Gasteiger partial charge in [-0.05, 0) is 30.0 Å². The Kier molecular flexibility index (Phi) is 4.20. The average molecular weight is 374 g/mol. The summed E-state index contributed by atoms with van der Waals surface area (Å²) in [6.45, 7) is 0.632. The van der Waals surface area contributed by atoms with E-state index in [4.69, 9.17) is 10.2 Å². The van der Waals surface area contributed by atoms with Gasteiger partial charge in [0.05, 0.1) is 18.9 Å². The van der Waals surface area contributed by atoms with Crippen molar-refractivity contribution in [3.8, 4) is 11.1 Å². The number of fused-ring (bicyclic) bond motifs is 1. The Labute approximate surface area is 162 Å². The number of benzene rings is 1. The van der Waals surface area contributed by atoms with Crippen molar-refractivity contribution < 1.29 is 4.42 Å². The van der Waals surface area contributed by atoms with Crippen molar-refractivity contribution in [2.24, 2.45) is 0 Å². The minimum absolute atomic E-state index is 0.269. The first-order valence-electron chi connectivity index (χ1n) is 9.63. The van der Waals surface area contributed by atoms with Crippen molar-refractivity contribution in [1.29, 1.82) is 0 Å². The number of hydrogen-bond donors (Lipinski definition) is 2. The molecule has 28 heavy (non-hydrogen) atoms. The zero-order valence-corrected chi connectivity index (χ0v) is 15.5. The Hall–Kier alpha value is -3.35. The Morgan fingerprint density at radius 2 is 1.89 bits per heavy atom. The maximum absolute atomic E-state index is 5.98. The standard InChI is InChI=1S/C21H22N6O/c22-21-25-19(18-20(26-21)27(13-24-18)17-3-1-2-4-17)23-11-14-5-7-15(8-6-14)16-9-10-28-12-16/h5-10,12-13,17H,1-4,11H2,(H3,22,23,25,26). The summed E-state index contributed by atoms with van der Waals surface area (Å²) in [5, 5.41) is 3.38. The van der Waals surface area contributed by atoms with E-state index in [1.54, 1.807) is 12.5 Å². The van der Waals surface area contributed by atoms with Gasteiger partial charge in [0.2, 0.25) is 5.95 Å². The smallest absolute Gasteiger partial charge is 0.224 e. The molecule has 0 radical (unpaired) electrons. The Morgan fingerprint density at radius 3 is 2.64 bits per heavy atom. The van der Waals surface area contributed by atoms with Crippen LogP contribution >= 0.6 is 0 Å². The largest absolute Gasteiger partial charge is 0.472 e. The van der Waals surface area contributed by atoms with Crippen LogP contribution in [0.3, 0.4) is 0 Å². The monoisotopic (exact) mass is 374 g/mol. The summed E-state index contributed by atoms with van der Waals surface area (Å²) in [7, 11) is 0. The van der Waals surface area contributed by atoms with Crippen LogP contribution in [0.1, 0.15) is 37.3 Å². The van der Waals surface area contributed by atoms with Crippen LogP contribution in [0.2, 0.25) is 0 Å². The van der Waals surface area contributed by atoms with Crippen LogP contribution in [-0.2, 0) is 6.54 Å². The first-order valence-corrected chi connectivity index (χ1v) is 9.63. The molecule has 142 valence electrons. The predicted octanol–water partition coefficient (Wildman–Crippen LogP) is 4.40. The summed E-state index contributed by atoms with van der Waals surface area (Å²) in [5.41, 5.74) is 10.9. The summed E-state index contributed by atoms with van der Waals surface area (Å²) < 4.78 is 7.31. The highest BCUT2D eigenvalue weighted by atomic mass is 16.3. The number of nitrogens with zero attached hydrogens (tertiary/aromatic N) is 4. The molecule has 3 aromatic heterocycles. The van der Waals surface area contributed by atoms with Crippen LogP contribution in [0, 0.1) is 0 Å². The molecule has 1 fully saturated rings. The summed E-state index contributed by atoms with van der Waals surface area (Å²) in [6.07, 6.45) is 10.1. The fourth-order valence-electron chi connectivity index (χ4n) is 3.94. The minimum atomic E-state index is 0.269. The lowest BCUT2D eigenvalue weighted by atomic mass is 10.1. The number of rotatable bonds is 5. The SMILES string of the molecule is Nc1nc(NCc2ccc(-c3ccoc3)cc2)c2ncn(C3CCCC3)c2n1. The van der Waals surface area contributed by atoms with E-state index in [0.717, 1.165) is 27.9 Å². The van der Waals surface area contributed by atoms with Crippen LogP contribution in [0.5, 0.6) is 0 Å². The molecule has 0 unspecified atom stereocenters. The number of nitrogens with two attached hydrogens (primary N) is 1. The molecule has 3 heterocycles. The first kappa shape index (κ1) is 16.8. The lowest BCUT2D eigenvalue weighted by Gasteiger charge is -2.12. The van der Waals surface area contributed by atoms with Crippen molar-refractivity contribution >= 4 is 22.9 Å². The number of anilines is 2. The zero-order chi connectivity index (χ0) is 18.9. The molecular formula is C21H22N6O. The second-order valence-electron chi connectivity index (χ2n) is 7.26. The third-order valence-electron chi connectivity index (χ3n) is 5.43. The van der Waals surface area contributed by atoms with Crippen molar-refractivity contribution in [2.75, 3.05) is 11.1 Å². The van der Waals surface area contributed by atoms with E-state index < -0.39 is 0 Å². The van der Waals surface area contributed by atoms with Gasteiger partial charge in [-0.25, -0.2) is 4.98 Å². The molecule has 1 aliphatic rings. The van der Waals surface area contributed by atoms with Gasteiger partial charge in [-0.15, -0.1) is 0 Å². The molecule has 0 aliphatic heterocycles. The van der Waals surface area contributed by atoms with Crippen molar-refractivity contribution in [2.45, 2.75) is 38.3 Å². The van der Waals surface area contributed by atoms with Crippen LogP contribution in [0.4, 0.5) is 11.8 Å². The first-order chi connectivity index (χ1) is 13.8. The molecule has 7 nitrogen and oxygen atoms in total. The molecule has 7 heteroatoms. The van der Waals surface area contributed by atoms with Gasteiger partial charge < -0.3 is 20.0 Å². The third-order valence-corrected chi connectivity index (χ3v) is 5.43. The van der Waals surface area contributed by atoms with Gasteiger partial charge in [-0.3, -0.25) is 0 Å². The normalized spacial score (nSPS) is 14.7. The van der Waals surface area contributed by atoms with Gasteiger partial charge in [0.25, 0.3) is 0 Å². The van der Waals surface area contributed by atoms with Gasteiger partial charge >= 0.3 is 0 Å². The van der Waals surface area contributed by atoms with Gasteiger partial charge in [-0.2, -0.15) is 9.97 Å². The molecule has 3 N–H and O–H groups in total. The molecule has 1 aliphatic carbocycles. The lowest BCUT2D eigenvalue weighted by Crippen LogP contribution is -2.08. The van der Waals surface area contributed by atoms with Crippen molar-refractivity contribution in [3.63, 3.8) is 0 Å². The molecule has 1 saturated carbocycles. The number of imidazole rings is 1. The van der Waals surface area contributed by atoms with E-state index in [1.807, 2.05) is 12.4 Å². The summed E-state index contributed by atoms with van der Waals surface area (Å²) in [5.74, 6) is 0.947. The highest BCUT2D eigenvalue weighted by molar-refractivity contribution is 5.84. The molecule has 0 amide bonds. The van der Waals surface area contributed by atoms with Crippen molar-refractivity contribution in [3.05, 3.63) is 54.7 Å². The summed E-state index contributed by atoms with van der Waals surface area (Å²) >= 11 is 0. The molecule has 5 rings (SSSR count). The van der Waals surface area contributed by atoms with E-state index in [0.29, 0.717) is 18.4 Å². The van der Waals surface area contributed by atoms with E-state index >= 15 is 0 Å². The number of furan rings is 1. The lowest BCUT2D eigenvalue weighted by molar-refractivity contribution is 0.529. The third kappa shape index (κ3) is 3.09. The molecular weight excluding hydrogens is 352 g/mol. The zero-order valence-electron chi connectivity index (χ0n) is 15.5. The molecule has 0 spiro atoms. The highest BCUT2D eigenvalue weighted by Gasteiger charge is 2.21. The fourth-order valence-corrected chi connectivity index (χ4v) is 3.94. The number of aromatic nitrogens is 4. The maximum Gasteiger partial charge on any atom is 0.224 e. The maximum atomic E-state index is 5.98. The molecule has 0 saturated heterocycles. The number of hydrogen-bond acceptors (Lipinski definition) is 6. The highest BCUT2D eigenvalue weighted by Crippen LogP contribution is 2.32. The second-order valence-corrected chi connectivity index (χ2v) is 7.26. The Balaban J connectivity index is 1.37. The van der Waals surface area contributed by atoms with Crippen LogP contribution < -0.4 is 11.1 Å².